The fourth-order valence-electron chi connectivity index (χ4n) is 2.59. The molecule has 1 aromatic carbocycles. The number of piperidine rings is 1. The van der Waals surface area contributed by atoms with Gasteiger partial charge in [0.1, 0.15) is 0 Å². The third-order valence-electron chi connectivity index (χ3n) is 3.79. The minimum Gasteiger partial charge on any atom is -0.326 e. The third kappa shape index (κ3) is 4.32. The summed E-state index contributed by atoms with van der Waals surface area (Å²) >= 11 is 0. The van der Waals surface area contributed by atoms with E-state index in [0.717, 1.165) is 43.7 Å². The Morgan fingerprint density at radius 2 is 2.18 bits per heavy atom. The lowest BCUT2D eigenvalue weighted by Gasteiger charge is -2.21. The summed E-state index contributed by atoms with van der Waals surface area (Å²) in [6, 6.07) is 9.86. The highest BCUT2D eigenvalue weighted by molar-refractivity contribution is 5.92. The Hall–Kier alpha value is -1.85. The second kappa shape index (κ2) is 7.96. The molecule has 2 aromatic rings. The number of nitrogens with one attached hydrogen (secondary N) is 2. The molecule has 1 aromatic heterocycles. The number of aromatic nitrogens is 2. The van der Waals surface area contributed by atoms with Crippen molar-refractivity contribution in [1.29, 1.82) is 0 Å². The van der Waals surface area contributed by atoms with Crippen LogP contribution in [0.3, 0.4) is 0 Å². The summed E-state index contributed by atoms with van der Waals surface area (Å²) in [6.07, 6.45) is 5.75. The molecule has 1 atom stereocenters. The van der Waals surface area contributed by atoms with Crippen LogP contribution in [-0.4, -0.2) is 28.8 Å². The molecular formula is C16H21ClN4O. The molecule has 5 nitrogen and oxygen atoms in total. The molecule has 1 aliphatic heterocycles. The van der Waals surface area contributed by atoms with Crippen molar-refractivity contribution >= 4 is 24.0 Å². The molecule has 0 saturated carbocycles. The number of nitrogens with zero attached hydrogens (tertiary/aromatic N) is 2. The van der Waals surface area contributed by atoms with Crippen LogP contribution >= 0.6 is 12.4 Å². The second-order valence-electron chi connectivity index (χ2n) is 5.43. The molecule has 2 heterocycles. The van der Waals surface area contributed by atoms with E-state index >= 15 is 0 Å². The van der Waals surface area contributed by atoms with Crippen LogP contribution in [-0.2, 0) is 11.3 Å². The monoisotopic (exact) mass is 320 g/mol. The van der Waals surface area contributed by atoms with Gasteiger partial charge in [0, 0.05) is 24.6 Å². The summed E-state index contributed by atoms with van der Waals surface area (Å²) in [5.74, 6) is 0.199. The van der Waals surface area contributed by atoms with Crippen molar-refractivity contribution in [1.82, 2.24) is 15.1 Å². The molecule has 1 amide bonds. The summed E-state index contributed by atoms with van der Waals surface area (Å²) in [5.41, 5.74) is 2.02. The summed E-state index contributed by atoms with van der Waals surface area (Å²) in [7, 11) is 0. The molecule has 0 bridgehead atoms. The van der Waals surface area contributed by atoms with E-state index in [9.17, 15) is 4.79 Å². The van der Waals surface area contributed by atoms with Gasteiger partial charge in [-0.3, -0.25) is 9.48 Å². The second-order valence-corrected chi connectivity index (χ2v) is 5.43. The first kappa shape index (κ1) is 16.5. The molecule has 0 aliphatic carbocycles. The van der Waals surface area contributed by atoms with Crippen molar-refractivity contribution in [2.75, 3.05) is 18.4 Å². The molecular weight excluding hydrogens is 300 g/mol. The van der Waals surface area contributed by atoms with Gasteiger partial charge < -0.3 is 10.6 Å². The number of hydrogen-bond donors (Lipinski definition) is 2. The largest absolute Gasteiger partial charge is 0.326 e. The lowest BCUT2D eigenvalue weighted by molar-refractivity contribution is -0.120. The van der Waals surface area contributed by atoms with E-state index in [2.05, 4.69) is 15.7 Å². The Morgan fingerprint density at radius 3 is 2.82 bits per heavy atom. The molecule has 1 saturated heterocycles. The first-order valence-corrected chi connectivity index (χ1v) is 7.39. The van der Waals surface area contributed by atoms with Crippen LogP contribution in [0.4, 0.5) is 5.69 Å². The van der Waals surface area contributed by atoms with Crippen LogP contribution in [0, 0.1) is 5.92 Å². The highest BCUT2D eigenvalue weighted by Crippen LogP contribution is 2.15. The zero-order chi connectivity index (χ0) is 14.5. The predicted molar refractivity (Wildman–Crippen MR) is 89.2 cm³/mol. The van der Waals surface area contributed by atoms with E-state index in [1.165, 1.54) is 0 Å². The molecule has 3 rings (SSSR count). The summed E-state index contributed by atoms with van der Waals surface area (Å²) in [4.78, 5) is 12.1. The van der Waals surface area contributed by atoms with Crippen LogP contribution in [0.15, 0.2) is 42.7 Å². The molecule has 6 heteroatoms. The molecule has 1 aliphatic rings. The van der Waals surface area contributed by atoms with Crippen molar-refractivity contribution in [2.45, 2.75) is 19.4 Å². The van der Waals surface area contributed by atoms with Crippen LogP contribution in [0.5, 0.6) is 0 Å². The summed E-state index contributed by atoms with van der Waals surface area (Å²) in [5, 5.41) is 10.4. The van der Waals surface area contributed by atoms with E-state index < -0.39 is 0 Å². The van der Waals surface area contributed by atoms with Gasteiger partial charge in [-0.15, -0.1) is 12.4 Å². The Balaban J connectivity index is 0.00000176. The first-order chi connectivity index (χ1) is 10.3. The maximum Gasteiger partial charge on any atom is 0.228 e. The standard InChI is InChI=1S/C16H20N4O.ClH/c21-16(14-3-1-8-17-11-14)19-15-6-4-13(5-7-15)12-20-10-2-9-18-20;/h2,4-7,9-10,14,17H,1,3,8,11-12H2,(H,19,21);1H. The van der Waals surface area contributed by atoms with Gasteiger partial charge in [0.25, 0.3) is 0 Å². The Morgan fingerprint density at radius 1 is 1.36 bits per heavy atom. The lowest BCUT2D eigenvalue weighted by atomic mass is 9.99. The van der Waals surface area contributed by atoms with Crippen molar-refractivity contribution in [3.63, 3.8) is 0 Å². The number of carbonyl (C=O) groups is 1. The molecule has 0 radical (unpaired) electrons. The average molecular weight is 321 g/mol. The smallest absolute Gasteiger partial charge is 0.228 e. The van der Waals surface area contributed by atoms with Crippen molar-refractivity contribution < 1.29 is 4.79 Å². The Labute approximate surface area is 136 Å². The van der Waals surface area contributed by atoms with Gasteiger partial charge in [-0.2, -0.15) is 5.10 Å². The number of anilines is 1. The quantitative estimate of drug-likeness (QED) is 0.908. The van der Waals surface area contributed by atoms with E-state index in [1.54, 1.807) is 6.20 Å². The summed E-state index contributed by atoms with van der Waals surface area (Å²) < 4.78 is 1.88. The Bertz CT molecular complexity index is 577. The van der Waals surface area contributed by atoms with Gasteiger partial charge in [0.2, 0.25) is 5.91 Å². The third-order valence-corrected chi connectivity index (χ3v) is 3.79. The first-order valence-electron chi connectivity index (χ1n) is 7.39. The number of benzene rings is 1. The zero-order valence-corrected chi connectivity index (χ0v) is 13.2. The van der Waals surface area contributed by atoms with E-state index in [1.807, 2.05) is 41.2 Å². The molecule has 118 valence electrons. The van der Waals surface area contributed by atoms with Crippen LogP contribution < -0.4 is 10.6 Å². The minimum atomic E-state index is 0. The van der Waals surface area contributed by atoms with Crippen molar-refractivity contribution in [3.05, 3.63) is 48.3 Å². The number of rotatable bonds is 4. The average Bonchev–Trinajstić information content (AvgIpc) is 3.03. The zero-order valence-electron chi connectivity index (χ0n) is 12.4. The Kier molecular flexibility index (Phi) is 5.98. The maximum absolute atomic E-state index is 12.1. The van der Waals surface area contributed by atoms with E-state index in [-0.39, 0.29) is 24.2 Å². The molecule has 22 heavy (non-hydrogen) atoms. The van der Waals surface area contributed by atoms with Crippen molar-refractivity contribution in [2.24, 2.45) is 5.92 Å². The van der Waals surface area contributed by atoms with Gasteiger partial charge in [-0.25, -0.2) is 0 Å². The fourth-order valence-corrected chi connectivity index (χ4v) is 2.59. The molecule has 2 N–H and O–H groups in total. The fraction of sp³-hybridized carbons (Fsp3) is 0.375. The number of carbonyl (C=O) groups excluding carboxylic acids is 1. The predicted octanol–water partition coefficient (Wildman–Crippen LogP) is 2.29. The van der Waals surface area contributed by atoms with Gasteiger partial charge in [-0.05, 0) is 43.1 Å². The minimum absolute atomic E-state index is 0. The van der Waals surface area contributed by atoms with Crippen LogP contribution in [0.25, 0.3) is 0 Å². The molecule has 0 spiro atoms. The van der Waals surface area contributed by atoms with Crippen LogP contribution in [0.1, 0.15) is 18.4 Å². The molecule has 1 unspecified atom stereocenters. The van der Waals surface area contributed by atoms with E-state index in [0.29, 0.717) is 0 Å². The highest BCUT2D eigenvalue weighted by atomic mass is 35.5. The summed E-state index contributed by atoms with van der Waals surface area (Å²) in [6.45, 7) is 2.54. The van der Waals surface area contributed by atoms with E-state index in [4.69, 9.17) is 0 Å². The van der Waals surface area contributed by atoms with Gasteiger partial charge in [0.15, 0.2) is 0 Å². The van der Waals surface area contributed by atoms with Gasteiger partial charge in [-0.1, -0.05) is 12.1 Å². The van der Waals surface area contributed by atoms with Crippen LogP contribution in [0.2, 0.25) is 0 Å². The molecule has 1 fully saturated rings. The maximum atomic E-state index is 12.1. The number of hydrogen-bond acceptors (Lipinski definition) is 3. The number of amides is 1. The highest BCUT2D eigenvalue weighted by Gasteiger charge is 2.20. The SMILES string of the molecule is Cl.O=C(Nc1ccc(Cn2cccn2)cc1)C1CCCNC1. The topological polar surface area (TPSA) is 59.0 Å². The van der Waals surface area contributed by atoms with Gasteiger partial charge in [0.05, 0.1) is 12.5 Å². The number of halogens is 1. The normalized spacial score (nSPS) is 17.5. The van der Waals surface area contributed by atoms with Crippen molar-refractivity contribution in [3.8, 4) is 0 Å². The lowest BCUT2D eigenvalue weighted by Crippen LogP contribution is -2.37. The van der Waals surface area contributed by atoms with Gasteiger partial charge >= 0.3 is 0 Å².